The highest BCUT2D eigenvalue weighted by atomic mass is 79.9. The van der Waals surface area contributed by atoms with Crippen molar-refractivity contribution >= 4 is 15.9 Å². The number of hydrogen-bond acceptors (Lipinski definition) is 2. The minimum absolute atomic E-state index is 0.257. The van der Waals surface area contributed by atoms with E-state index in [0.29, 0.717) is 11.3 Å². The van der Waals surface area contributed by atoms with E-state index in [0.717, 1.165) is 17.0 Å². The van der Waals surface area contributed by atoms with Gasteiger partial charge in [-0.05, 0) is 35.1 Å². The second-order valence-electron chi connectivity index (χ2n) is 3.40. The lowest BCUT2D eigenvalue weighted by molar-refractivity contribution is 0.628. The summed E-state index contributed by atoms with van der Waals surface area (Å²) in [5.74, 6) is -0.257. The summed E-state index contributed by atoms with van der Waals surface area (Å²) in [6, 6.07) is 6.41. The topological polar surface area (TPSA) is 40.7 Å². The van der Waals surface area contributed by atoms with Crippen molar-refractivity contribution in [2.45, 2.75) is 6.54 Å². The van der Waals surface area contributed by atoms with Crippen molar-refractivity contribution in [3.63, 3.8) is 0 Å². The molecule has 0 bridgehead atoms. The first kappa shape index (κ1) is 11.3. The maximum absolute atomic E-state index is 13.1. The molecule has 0 spiro atoms. The van der Waals surface area contributed by atoms with E-state index < -0.39 is 0 Å². The van der Waals surface area contributed by atoms with E-state index in [2.05, 4.69) is 31.2 Å². The van der Waals surface area contributed by atoms with E-state index in [1.165, 1.54) is 12.1 Å². The minimum Gasteiger partial charge on any atom is -0.335 e. The van der Waals surface area contributed by atoms with Crippen LogP contribution in [0.2, 0.25) is 0 Å². The Morgan fingerprint density at radius 1 is 1.50 bits per heavy atom. The average Bonchev–Trinajstić information content (AvgIpc) is 2.60. The van der Waals surface area contributed by atoms with Gasteiger partial charge in [0.15, 0.2) is 4.73 Å². The molecule has 0 aliphatic carbocycles. The maximum Gasteiger partial charge on any atom is 0.175 e. The van der Waals surface area contributed by atoms with Crippen LogP contribution in [0.3, 0.4) is 0 Å². The SMILES string of the molecule is CNCc1[nH]c(Br)nc1-c1cccc(F)c1. The maximum atomic E-state index is 13.1. The number of aromatic nitrogens is 2. The summed E-state index contributed by atoms with van der Waals surface area (Å²) in [4.78, 5) is 7.38. The number of hydrogen-bond donors (Lipinski definition) is 2. The van der Waals surface area contributed by atoms with Crippen molar-refractivity contribution in [2.75, 3.05) is 7.05 Å². The van der Waals surface area contributed by atoms with Crippen molar-refractivity contribution < 1.29 is 4.39 Å². The standard InChI is InChI=1S/C11H11BrFN3/c1-14-6-9-10(16-11(12)15-9)7-3-2-4-8(13)5-7/h2-5,14H,6H2,1H3,(H,15,16). The lowest BCUT2D eigenvalue weighted by Crippen LogP contribution is -2.06. The Balaban J connectivity index is 2.46. The van der Waals surface area contributed by atoms with Gasteiger partial charge in [-0.1, -0.05) is 12.1 Å². The van der Waals surface area contributed by atoms with Gasteiger partial charge < -0.3 is 10.3 Å². The van der Waals surface area contributed by atoms with Gasteiger partial charge in [0.25, 0.3) is 0 Å². The molecular formula is C11H11BrFN3. The molecule has 1 aromatic heterocycles. The lowest BCUT2D eigenvalue weighted by atomic mass is 10.1. The summed E-state index contributed by atoms with van der Waals surface area (Å²) in [5, 5.41) is 3.04. The highest BCUT2D eigenvalue weighted by Crippen LogP contribution is 2.24. The zero-order valence-electron chi connectivity index (χ0n) is 8.72. The average molecular weight is 284 g/mol. The molecule has 1 aromatic carbocycles. The first-order valence-electron chi connectivity index (χ1n) is 4.85. The normalized spacial score (nSPS) is 10.7. The second kappa shape index (κ2) is 4.76. The van der Waals surface area contributed by atoms with Crippen molar-refractivity contribution in [3.8, 4) is 11.3 Å². The summed E-state index contributed by atoms with van der Waals surface area (Å²) >= 11 is 3.28. The molecule has 3 nitrogen and oxygen atoms in total. The van der Waals surface area contributed by atoms with Gasteiger partial charge in [0.05, 0.1) is 11.4 Å². The Morgan fingerprint density at radius 2 is 2.31 bits per heavy atom. The largest absolute Gasteiger partial charge is 0.335 e. The monoisotopic (exact) mass is 283 g/mol. The number of H-pyrrole nitrogens is 1. The van der Waals surface area contributed by atoms with Crippen LogP contribution in [0.4, 0.5) is 4.39 Å². The molecule has 2 rings (SSSR count). The smallest absolute Gasteiger partial charge is 0.175 e. The van der Waals surface area contributed by atoms with E-state index >= 15 is 0 Å². The van der Waals surface area contributed by atoms with Crippen LogP contribution < -0.4 is 5.32 Å². The van der Waals surface area contributed by atoms with Gasteiger partial charge in [-0.25, -0.2) is 9.37 Å². The molecule has 16 heavy (non-hydrogen) atoms. The van der Waals surface area contributed by atoms with Crippen LogP contribution in [0, 0.1) is 5.82 Å². The Labute approximate surface area is 101 Å². The lowest BCUT2D eigenvalue weighted by Gasteiger charge is -2.01. The number of aromatic amines is 1. The quantitative estimate of drug-likeness (QED) is 0.909. The van der Waals surface area contributed by atoms with Crippen LogP contribution in [0.1, 0.15) is 5.69 Å². The molecule has 0 amide bonds. The molecule has 2 aromatic rings. The fraction of sp³-hybridized carbons (Fsp3) is 0.182. The van der Waals surface area contributed by atoms with E-state index in [-0.39, 0.29) is 5.82 Å². The third kappa shape index (κ3) is 2.31. The van der Waals surface area contributed by atoms with Crippen molar-refractivity contribution in [3.05, 3.63) is 40.5 Å². The van der Waals surface area contributed by atoms with Crippen LogP contribution in [0.15, 0.2) is 29.0 Å². The number of nitrogens with zero attached hydrogens (tertiary/aromatic N) is 1. The van der Waals surface area contributed by atoms with E-state index in [1.54, 1.807) is 6.07 Å². The fourth-order valence-corrected chi connectivity index (χ4v) is 1.97. The summed E-state index contributed by atoms with van der Waals surface area (Å²) in [5.41, 5.74) is 2.47. The van der Waals surface area contributed by atoms with E-state index in [1.807, 2.05) is 13.1 Å². The number of halogens is 2. The third-order valence-corrected chi connectivity index (χ3v) is 2.58. The van der Waals surface area contributed by atoms with Crippen LogP contribution in [-0.2, 0) is 6.54 Å². The number of rotatable bonds is 3. The summed E-state index contributed by atoms with van der Waals surface area (Å²) in [7, 11) is 1.85. The van der Waals surface area contributed by atoms with Crippen molar-refractivity contribution in [2.24, 2.45) is 0 Å². The molecule has 0 aliphatic heterocycles. The molecule has 0 saturated carbocycles. The second-order valence-corrected chi connectivity index (χ2v) is 4.15. The molecule has 2 N–H and O–H groups in total. The first-order valence-corrected chi connectivity index (χ1v) is 5.65. The molecule has 0 aliphatic rings. The number of benzene rings is 1. The van der Waals surface area contributed by atoms with E-state index in [9.17, 15) is 4.39 Å². The van der Waals surface area contributed by atoms with Gasteiger partial charge in [0.2, 0.25) is 0 Å². The van der Waals surface area contributed by atoms with Gasteiger partial charge >= 0.3 is 0 Å². The molecule has 0 saturated heterocycles. The van der Waals surface area contributed by atoms with Crippen LogP contribution in [-0.4, -0.2) is 17.0 Å². The van der Waals surface area contributed by atoms with Crippen LogP contribution >= 0.6 is 15.9 Å². The molecule has 0 unspecified atom stereocenters. The Bertz CT molecular complexity index is 496. The fourth-order valence-electron chi connectivity index (χ4n) is 1.56. The zero-order valence-corrected chi connectivity index (χ0v) is 10.3. The van der Waals surface area contributed by atoms with Gasteiger partial charge in [-0.3, -0.25) is 0 Å². The van der Waals surface area contributed by atoms with Crippen LogP contribution in [0.25, 0.3) is 11.3 Å². The summed E-state index contributed by atoms with van der Waals surface area (Å²) < 4.78 is 13.8. The predicted molar refractivity (Wildman–Crippen MR) is 64.4 cm³/mol. The Hall–Kier alpha value is -1.20. The first-order chi connectivity index (χ1) is 7.70. The van der Waals surface area contributed by atoms with Crippen molar-refractivity contribution in [1.29, 1.82) is 0 Å². The molecule has 0 fully saturated rings. The molecule has 0 radical (unpaired) electrons. The Morgan fingerprint density at radius 3 is 3.00 bits per heavy atom. The summed E-state index contributed by atoms with van der Waals surface area (Å²) in [6.45, 7) is 0.657. The van der Waals surface area contributed by atoms with E-state index in [4.69, 9.17) is 0 Å². The molecule has 0 atom stereocenters. The van der Waals surface area contributed by atoms with Crippen molar-refractivity contribution in [1.82, 2.24) is 15.3 Å². The minimum atomic E-state index is -0.257. The molecular weight excluding hydrogens is 273 g/mol. The Kier molecular flexibility index (Phi) is 3.36. The zero-order chi connectivity index (χ0) is 11.5. The van der Waals surface area contributed by atoms with Gasteiger partial charge in [-0.15, -0.1) is 0 Å². The van der Waals surface area contributed by atoms with Crippen LogP contribution in [0.5, 0.6) is 0 Å². The summed E-state index contributed by atoms with van der Waals surface area (Å²) in [6.07, 6.45) is 0. The number of nitrogens with one attached hydrogen (secondary N) is 2. The molecule has 5 heteroatoms. The van der Waals surface area contributed by atoms with Gasteiger partial charge in [-0.2, -0.15) is 0 Å². The van der Waals surface area contributed by atoms with Gasteiger partial charge in [0.1, 0.15) is 5.82 Å². The van der Waals surface area contributed by atoms with Gasteiger partial charge in [0, 0.05) is 12.1 Å². The number of imidazole rings is 1. The highest BCUT2D eigenvalue weighted by molar-refractivity contribution is 9.10. The molecule has 1 heterocycles. The third-order valence-electron chi connectivity index (χ3n) is 2.20. The predicted octanol–water partition coefficient (Wildman–Crippen LogP) is 2.70. The molecule has 84 valence electrons. The highest BCUT2D eigenvalue weighted by Gasteiger charge is 2.10.